The van der Waals surface area contributed by atoms with Crippen LogP contribution in [0.4, 0.5) is 5.69 Å². The molecule has 0 bridgehead atoms. The molecule has 1 aliphatic carbocycles. The fraction of sp³-hybridized carbons (Fsp3) is 0.278. The summed E-state index contributed by atoms with van der Waals surface area (Å²) in [4.78, 5) is 12.5. The molecule has 1 N–H and O–H groups in total. The summed E-state index contributed by atoms with van der Waals surface area (Å²) in [5, 5.41) is 3.28. The van der Waals surface area contributed by atoms with Crippen LogP contribution < -0.4 is 10.1 Å². The van der Waals surface area contributed by atoms with Crippen LogP contribution in [0.5, 0.6) is 5.75 Å². The molecule has 0 saturated heterocycles. The van der Waals surface area contributed by atoms with Crippen LogP contribution in [0.25, 0.3) is 0 Å². The lowest BCUT2D eigenvalue weighted by Crippen LogP contribution is -2.39. The van der Waals surface area contributed by atoms with Crippen LogP contribution in [-0.2, 0) is 11.2 Å². The number of para-hydroxylation sites is 2. The van der Waals surface area contributed by atoms with Crippen molar-refractivity contribution in [2.75, 3.05) is 11.9 Å². The van der Waals surface area contributed by atoms with Gasteiger partial charge in [-0.25, -0.2) is 0 Å². The van der Waals surface area contributed by atoms with E-state index >= 15 is 0 Å². The first-order valence-electron chi connectivity index (χ1n) is 7.41. The van der Waals surface area contributed by atoms with Crippen molar-refractivity contribution in [1.29, 1.82) is 0 Å². The summed E-state index contributed by atoms with van der Waals surface area (Å²) in [6, 6.07) is 16.1. The zero-order valence-electron chi connectivity index (χ0n) is 11.7. The molecule has 1 heterocycles. The van der Waals surface area contributed by atoms with Crippen LogP contribution in [0, 0.1) is 0 Å². The van der Waals surface area contributed by atoms with Crippen molar-refractivity contribution in [2.45, 2.75) is 24.9 Å². The van der Waals surface area contributed by atoms with E-state index in [-0.39, 0.29) is 11.9 Å². The molecular weight excluding hydrogens is 262 g/mol. The molecule has 4 rings (SSSR count). The van der Waals surface area contributed by atoms with E-state index in [1.165, 1.54) is 11.1 Å². The van der Waals surface area contributed by atoms with Crippen LogP contribution in [0.3, 0.4) is 0 Å². The number of nitrogens with one attached hydrogen (secondary N) is 1. The number of hydrogen-bond donors (Lipinski definition) is 1. The molecule has 0 saturated carbocycles. The topological polar surface area (TPSA) is 38.3 Å². The van der Waals surface area contributed by atoms with Crippen LogP contribution in [0.1, 0.15) is 23.5 Å². The quantitative estimate of drug-likeness (QED) is 0.938. The van der Waals surface area contributed by atoms with Crippen LogP contribution in [0.2, 0.25) is 0 Å². The summed E-state index contributed by atoms with van der Waals surface area (Å²) < 4.78 is 5.84. The molecule has 21 heavy (non-hydrogen) atoms. The fourth-order valence-electron chi connectivity index (χ4n) is 3.21. The maximum absolute atomic E-state index is 12.5. The van der Waals surface area contributed by atoms with Gasteiger partial charge >= 0.3 is 0 Å². The molecule has 106 valence electrons. The zero-order valence-corrected chi connectivity index (χ0v) is 11.7. The molecule has 3 nitrogen and oxygen atoms in total. The molecule has 2 aliphatic rings. The van der Waals surface area contributed by atoms with Gasteiger partial charge in [0, 0.05) is 6.42 Å². The van der Waals surface area contributed by atoms with Gasteiger partial charge in [0.25, 0.3) is 0 Å². The molecule has 0 spiro atoms. The normalized spacial score (nSPS) is 22.1. The summed E-state index contributed by atoms with van der Waals surface area (Å²) in [5.41, 5.74) is 3.67. The number of benzene rings is 2. The maximum atomic E-state index is 12.5. The maximum Gasteiger partial charge on any atom is 0.175 e. The monoisotopic (exact) mass is 279 g/mol. The van der Waals surface area contributed by atoms with Crippen LogP contribution in [0.15, 0.2) is 48.5 Å². The second-order valence-corrected chi connectivity index (χ2v) is 5.75. The number of ether oxygens (including phenoxy) is 1. The largest absolute Gasteiger partial charge is 0.479 e. The SMILES string of the molecule is O=C(CC1Cc2ccccc21)C1CNc2ccccc2O1. The van der Waals surface area contributed by atoms with Crippen molar-refractivity contribution in [2.24, 2.45) is 0 Å². The highest BCUT2D eigenvalue weighted by molar-refractivity contribution is 5.86. The molecule has 0 aromatic heterocycles. The molecule has 2 atom stereocenters. The number of carbonyl (C=O) groups is 1. The molecule has 0 radical (unpaired) electrons. The minimum absolute atomic E-state index is 0.191. The van der Waals surface area contributed by atoms with E-state index in [1.807, 2.05) is 30.3 Å². The average Bonchev–Trinajstić information content (AvgIpc) is 2.52. The van der Waals surface area contributed by atoms with E-state index in [9.17, 15) is 4.79 Å². The Morgan fingerprint density at radius 1 is 1.14 bits per heavy atom. The van der Waals surface area contributed by atoms with Gasteiger partial charge in [0.1, 0.15) is 5.75 Å². The van der Waals surface area contributed by atoms with Crippen molar-refractivity contribution < 1.29 is 9.53 Å². The molecule has 2 unspecified atom stereocenters. The number of hydrogen-bond acceptors (Lipinski definition) is 3. The second-order valence-electron chi connectivity index (χ2n) is 5.75. The molecule has 0 fully saturated rings. The first-order valence-corrected chi connectivity index (χ1v) is 7.41. The predicted octanol–water partition coefficient (Wildman–Crippen LogP) is 3.16. The molecule has 0 amide bonds. The number of rotatable bonds is 3. The third-order valence-electron chi connectivity index (χ3n) is 4.40. The first kappa shape index (κ1) is 12.5. The lowest BCUT2D eigenvalue weighted by atomic mass is 9.74. The standard InChI is InChI=1S/C18H17NO2/c20-16(10-13-9-12-5-1-2-6-14(12)13)18-11-19-15-7-3-4-8-17(15)21-18/h1-8,13,18-19H,9-11H2. The van der Waals surface area contributed by atoms with Gasteiger partial charge in [-0.2, -0.15) is 0 Å². The van der Waals surface area contributed by atoms with Gasteiger partial charge in [0.05, 0.1) is 12.2 Å². The number of anilines is 1. The second kappa shape index (κ2) is 4.92. The summed E-state index contributed by atoms with van der Waals surface area (Å²) in [6.07, 6.45) is 1.22. The van der Waals surface area contributed by atoms with Crippen molar-refractivity contribution in [3.63, 3.8) is 0 Å². The van der Waals surface area contributed by atoms with Crippen molar-refractivity contribution >= 4 is 11.5 Å². The highest BCUT2D eigenvalue weighted by atomic mass is 16.5. The number of carbonyl (C=O) groups excluding carboxylic acids is 1. The Bertz CT molecular complexity index is 695. The van der Waals surface area contributed by atoms with Gasteiger partial charge < -0.3 is 10.1 Å². The van der Waals surface area contributed by atoms with Gasteiger partial charge in [0.15, 0.2) is 11.9 Å². The highest BCUT2D eigenvalue weighted by Gasteiger charge is 2.32. The summed E-state index contributed by atoms with van der Waals surface area (Å²) in [7, 11) is 0. The van der Waals surface area contributed by atoms with Crippen molar-refractivity contribution in [3.05, 3.63) is 59.7 Å². The van der Waals surface area contributed by atoms with E-state index in [0.29, 0.717) is 18.9 Å². The minimum Gasteiger partial charge on any atom is -0.479 e. The van der Waals surface area contributed by atoms with E-state index in [4.69, 9.17) is 4.74 Å². The Labute approximate surface area is 123 Å². The first-order chi connectivity index (χ1) is 10.3. The van der Waals surface area contributed by atoms with E-state index in [2.05, 4.69) is 23.5 Å². The Hall–Kier alpha value is -2.29. The Morgan fingerprint density at radius 3 is 2.86 bits per heavy atom. The molecular formula is C18H17NO2. The van der Waals surface area contributed by atoms with E-state index < -0.39 is 0 Å². The number of Topliss-reactive ketones (excluding diaryl/α,β-unsaturated/α-hetero) is 1. The summed E-state index contributed by atoms with van der Waals surface area (Å²) in [5.74, 6) is 1.34. The number of fused-ring (bicyclic) bond motifs is 2. The van der Waals surface area contributed by atoms with Crippen LogP contribution in [-0.4, -0.2) is 18.4 Å². The van der Waals surface area contributed by atoms with Gasteiger partial charge in [-0.15, -0.1) is 0 Å². The average molecular weight is 279 g/mol. The summed E-state index contributed by atoms with van der Waals surface area (Å²) >= 11 is 0. The minimum atomic E-state index is -0.368. The number of ketones is 1. The van der Waals surface area contributed by atoms with Gasteiger partial charge in [-0.1, -0.05) is 36.4 Å². The van der Waals surface area contributed by atoms with Gasteiger partial charge in [-0.05, 0) is 35.6 Å². The smallest absolute Gasteiger partial charge is 0.175 e. The fourth-order valence-corrected chi connectivity index (χ4v) is 3.21. The Morgan fingerprint density at radius 2 is 1.95 bits per heavy atom. The zero-order chi connectivity index (χ0) is 14.2. The van der Waals surface area contributed by atoms with Gasteiger partial charge in [-0.3, -0.25) is 4.79 Å². The molecule has 2 aromatic rings. The van der Waals surface area contributed by atoms with Crippen LogP contribution >= 0.6 is 0 Å². The highest BCUT2D eigenvalue weighted by Crippen LogP contribution is 2.38. The Kier molecular flexibility index (Phi) is 2.92. The lowest BCUT2D eigenvalue weighted by molar-refractivity contribution is -0.125. The predicted molar refractivity (Wildman–Crippen MR) is 81.9 cm³/mol. The molecule has 1 aliphatic heterocycles. The van der Waals surface area contributed by atoms with Gasteiger partial charge in [0.2, 0.25) is 0 Å². The Balaban J connectivity index is 1.43. The third-order valence-corrected chi connectivity index (χ3v) is 4.40. The lowest BCUT2D eigenvalue weighted by Gasteiger charge is -2.32. The molecule has 3 heteroatoms. The summed E-state index contributed by atoms with van der Waals surface area (Å²) in [6.45, 7) is 0.560. The van der Waals surface area contributed by atoms with Crippen molar-refractivity contribution in [1.82, 2.24) is 0 Å². The molecule has 2 aromatic carbocycles. The third kappa shape index (κ3) is 2.19. The van der Waals surface area contributed by atoms with Crippen molar-refractivity contribution in [3.8, 4) is 5.75 Å². The van der Waals surface area contributed by atoms with E-state index in [0.717, 1.165) is 17.9 Å². The van der Waals surface area contributed by atoms with E-state index in [1.54, 1.807) is 0 Å².